The van der Waals surface area contributed by atoms with Gasteiger partial charge in [0.1, 0.15) is 0 Å². The van der Waals surface area contributed by atoms with Crippen LogP contribution in [0.1, 0.15) is 18.5 Å². The van der Waals surface area contributed by atoms with Crippen molar-refractivity contribution in [3.63, 3.8) is 0 Å². The average molecular weight is 402 g/mol. The minimum absolute atomic E-state index is 0.353. The molecule has 7 nitrogen and oxygen atoms in total. The minimum atomic E-state index is -0.724. The van der Waals surface area contributed by atoms with E-state index in [2.05, 4.69) is 16.0 Å². The van der Waals surface area contributed by atoms with E-state index in [1.807, 2.05) is 0 Å². The molecule has 2 aromatic rings. The Bertz CT molecular complexity index is 958. The first-order chi connectivity index (χ1) is 13.4. The Balaban J connectivity index is 2.03. The molecule has 1 aliphatic heterocycles. The Hall–Kier alpha value is -3.19. The van der Waals surface area contributed by atoms with Gasteiger partial charge in [-0.2, -0.15) is 0 Å². The highest BCUT2D eigenvalue weighted by molar-refractivity contribution is 6.31. The minimum Gasteiger partial charge on any atom is -0.493 e. The number of halogens is 1. The highest BCUT2D eigenvalue weighted by atomic mass is 35.5. The largest absolute Gasteiger partial charge is 0.493 e. The van der Waals surface area contributed by atoms with Gasteiger partial charge >= 0.3 is 6.03 Å². The van der Waals surface area contributed by atoms with E-state index in [0.717, 1.165) is 0 Å². The summed E-state index contributed by atoms with van der Waals surface area (Å²) in [5.74, 6) is 0.570. The van der Waals surface area contributed by atoms with E-state index in [1.54, 1.807) is 49.4 Å². The van der Waals surface area contributed by atoms with Crippen molar-refractivity contribution in [2.24, 2.45) is 0 Å². The normalized spacial score (nSPS) is 16.1. The smallest absolute Gasteiger partial charge is 0.319 e. The zero-order chi connectivity index (χ0) is 20.3. The second kappa shape index (κ2) is 8.22. The molecule has 0 radical (unpaired) electrons. The van der Waals surface area contributed by atoms with Gasteiger partial charge < -0.3 is 25.4 Å². The van der Waals surface area contributed by atoms with E-state index in [-0.39, 0.29) is 5.91 Å². The highest BCUT2D eigenvalue weighted by Gasteiger charge is 2.33. The quantitative estimate of drug-likeness (QED) is 0.713. The Morgan fingerprint density at radius 2 is 1.89 bits per heavy atom. The van der Waals surface area contributed by atoms with Crippen molar-refractivity contribution in [1.29, 1.82) is 0 Å². The van der Waals surface area contributed by atoms with E-state index in [9.17, 15) is 9.59 Å². The number of rotatable bonds is 5. The second-order valence-corrected chi connectivity index (χ2v) is 6.55. The number of carbonyl (C=O) groups excluding carboxylic acids is 2. The topological polar surface area (TPSA) is 88.7 Å². The molecule has 3 rings (SSSR count). The van der Waals surface area contributed by atoms with Crippen LogP contribution >= 0.6 is 11.6 Å². The molecule has 3 amide bonds. The maximum Gasteiger partial charge on any atom is 0.319 e. The van der Waals surface area contributed by atoms with Crippen molar-refractivity contribution < 1.29 is 19.1 Å². The molecule has 0 spiro atoms. The van der Waals surface area contributed by atoms with E-state index < -0.39 is 12.1 Å². The van der Waals surface area contributed by atoms with Crippen LogP contribution in [-0.2, 0) is 4.79 Å². The van der Waals surface area contributed by atoms with Crippen LogP contribution in [0.2, 0.25) is 5.02 Å². The summed E-state index contributed by atoms with van der Waals surface area (Å²) in [5.41, 5.74) is 1.95. The van der Waals surface area contributed by atoms with Gasteiger partial charge in [-0.1, -0.05) is 29.8 Å². The van der Waals surface area contributed by atoms with Crippen molar-refractivity contribution in [2.75, 3.05) is 19.5 Å². The molecule has 8 heteroatoms. The number of hydrogen-bond acceptors (Lipinski definition) is 4. The van der Waals surface area contributed by atoms with Crippen molar-refractivity contribution in [3.8, 4) is 11.5 Å². The molecule has 3 N–H and O–H groups in total. The second-order valence-electron chi connectivity index (χ2n) is 6.12. The van der Waals surface area contributed by atoms with Crippen LogP contribution < -0.4 is 25.4 Å². The molecule has 0 unspecified atom stereocenters. The standard InChI is InChI=1S/C20H20ClN3O4/c1-11-16(19(25)23-13-7-4-6-12(21)10-13)17(24-20(26)22-11)14-8-5-9-15(27-2)18(14)28-3/h4-10,17H,1-3H3,(H,23,25)(H2,22,24,26)/t17-/m0/s1. The fourth-order valence-electron chi connectivity index (χ4n) is 3.13. The third-order valence-corrected chi connectivity index (χ3v) is 4.58. The third kappa shape index (κ3) is 3.89. The third-order valence-electron chi connectivity index (χ3n) is 4.34. The van der Waals surface area contributed by atoms with Gasteiger partial charge in [0, 0.05) is 22.0 Å². The number of carbonyl (C=O) groups is 2. The summed E-state index contributed by atoms with van der Waals surface area (Å²) in [7, 11) is 3.03. The Labute approximate surface area is 167 Å². The van der Waals surface area contributed by atoms with Gasteiger partial charge in [0.15, 0.2) is 11.5 Å². The first-order valence-electron chi connectivity index (χ1n) is 8.50. The maximum atomic E-state index is 13.1. The van der Waals surface area contributed by atoms with E-state index >= 15 is 0 Å². The van der Waals surface area contributed by atoms with Gasteiger partial charge in [-0.05, 0) is 31.2 Å². The summed E-state index contributed by atoms with van der Waals surface area (Å²) in [4.78, 5) is 25.2. The summed E-state index contributed by atoms with van der Waals surface area (Å²) < 4.78 is 10.8. The zero-order valence-electron chi connectivity index (χ0n) is 15.6. The molecule has 146 valence electrons. The van der Waals surface area contributed by atoms with Gasteiger partial charge in [-0.3, -0.25) is 4.79 Å². The van der Waals surface area contributed by atoms with Crippen molar-refractivity contribution >= 4 is 29.2 Å². The lowest BCUT2D eigenvalue weighted by molar-refractivity contribution is -0.113. The molecular formula is C20H20ClN3O4. The molecule has 0 aliphatic carbocycles. The molecule has 28 heavy (non-hydrogen) atoms. The molecule has 1 heterocycles. The molecule has 0 fully saturated rings. The van der Waals surface area contributed by atoms with Gasteiger partial charge in [0.05, 0.1) is 25.8 Å². The predicted octanol–water partition coefficient (Wildman–Crippen LogP) is 3.62. The van der Waals surface area contributed by atoms with Gasteiger partial charge in [0.25, 0.3) is 5.91 Å². The summed E-state index contributed by atoms with van der Waals surface area (Å²) in [5, 5.41) is 8.75. The number of benzene rings is 2. The average Bonchev–Trinajstić information content (AvgIpc) is 2.66. The van der Waals surface area contributed by atoms with Gasteiger partial charge in [-0.25, -0.2) is 4.79 Å². The molecule has 1 aliphatic rings. The first-order valence-corrected chi connectivity index (χ1v) is 8.88. The number of nitrogens with one attached hydrogen (secondary N) is 3. The van der Waals surface area contributed by atoms with Crippen LogP contribution in [0, 0.1) is 0 Å². The molecule has 1 atom stereocenters. The van der Waals surface area contributed by atoms with Gasteiger partial charge in [0.2, 0.25) is 0 Å². The van der Waals surface area contributed by atoms with Crippen LogP contribution in [0.3, 0.4) is 0 Å². The fourth-order valence-corrected chi connectivity index (χ4v) is 3.32. The Morgan fingerprint density at radius 3 is 2.57 bits per heavy atom. The van der Waals surface area contributed by atoms with Crippen LogP contribution in [0.25, 0.3) is 0 Å². The van der Waals surface area contributed by atoms with Crippen molar-refractivity contribution in [3.05, 3.63) is 64.3 Å². The fraction of sp³-hybridized carbons (Fsp3) is 0.200. The summed E-state index contributed by atoms with van der Waals surface area (Å²) >= 11 is 6.00. The SMILES string of the molecule is COc1cccc([C@@H]2NC(=O)NC(C)=C2C(=O)Nc2cccc(Cl)c2)c1OC. The molecular weight excluding hydrogens is 382 g/mol. The number of urea groups is 1. The lowest BCUT2D eigenvalue weighted by atomic mass is 9.93. The number of amides is 3. The lowest BCUT2D eigenvalue weighted by Gasteiger charge is -2.30. The van der Waals surface area contributed by atoms with Crippen LogP contribution in [0.4, 0.5) is 10.5 Å². The van der Waals surface area contributed by atoms with E-state index in [1.165, 1.54) is 14.2 Å². The number of ether oxygens (including phenoxy) is 2. The maximum absolute atomic E-state index is 13.1. The molecule has 0 bridgehead atoms. The molecule has 0 saturated heterocycles. The molecule has 0 aromatic heterocycles. The predicted molar refractivity (Wildman–Crippen MR) is 107 cm³/mol. The van der Waals surface area contributed by atoms with Crippen molar-refractivity contribution in [2.45, 2.75) is 13.0 Å². The van der Waals surface area contributed by atoms with Crippen LogP contribution in [0.5, 0.6) is 11.5 Å². The first kappa shape index (κ1) is 19.6. The lowest BCUT2D eigenvalue weighted by Crippen LogP contribution is -2.46. The van der Waals surface area contributed by atoms with E-state index in [4.69, 9.17) is 21.1 Å². The number of hydrogen-bond donors (Lipinski definition) is 3. The van der Waals surface area contributed by atoms with Gasteiger partial charge in [-0.15, -0.1) is 0 Å². The molecule has 2 aromatic carbocycles. The number of allylic oxidation sites excluding steroid dienone is 1. The van der Waals surface area contributed by atoms with Crippen LogP contribution in [0.15, 0.2) is 53.7 Å². The monoisotopic (exact) mass is 401 g/mol. The van der Waals surface area contributed by atoms with Crippen LogP contribution in [-0.4, -0.2) is 26.2 Å². The summed E-state index contributed by atoms with van der Waals surface area (Å²) in [6.07, 6.45) is 0. The number of anilines is 1. The Kier molecular flexibility index (Phi) is 5.75. The number of methoxy groups -OCH3 is 2. The zero-order valence-corrected chi connectivity index (χ0v) is 16.4. The molecule has 0 saturated carbocycles. The summed E-state index contributed by atoms with van der Waals surface area (Å²) in [6.45, 7) is 1.67. The summed E-state index contributed by atoms with van der Waals surface area (Å²) in [6, 6.07) is 11.0. The Morgan fingerprint density at radius 1 is 1.14 bits per heavy atom. The van der Waals surface area contributed by atoms with E-state index in [0.29, 0.717) is 39.0 Å². The van der Waals surface area contributed by atoms with Crippen molar-refractivity contribution in [1.82, 2.24) is 10.6 Å². The highest BCUT2D eigenvalue weighted by Crippen LogP contribution is 2.39. The number of para-hydroxylation sites is 1.